The van der Waals surface area contributed by atoms with Crippen LogP contribution in [-0.2, 0) is 0 Å². The molecule has 2 heterocycles. The second-order valence-electron chi connectivity index (χ2n) is 13.5. The molecule has 2 aromatic heterocycles. The highest BCUT2D eigenvalue weighted by Crippen LogP contribution is 2.43. The van der Waals surface area contributed by atoms with E-state index < -0.39 is 0 Å². The molecule has 0 fully saturated rings. The van der Waals surface area contributed by atoms with E-state index in [2.05, 4.69) is 170 Å². The normalized spacial score (nSPS) is 11.6. The average Bonchev–Trinajstić information content (AvgIpc) is 3.77. The van der Waals surface area contributed by atoms with Gasteiger partial charge in [-0.3, -0.25) is 0 Å². The quantitative estimate of drug-likeness (QED) is 0.189. The van der Waals surface area contributed by atoms with Crippen molar-refractivity contribution in [3.05, 3.63) is 181 Å². The van der Waals surface area contributed by atoms with Crippen LogP contribution in [0.5, 0.6) is 0 Å². The Kier molecular flexibility index (Phi) is 7.26. The lowest BCUT2D eigenvalue weighted by Gasteiger charge is -2.17. The maximum absolute atomic E-state index is 6.27. The summed E-state index contributed by atoms with van der Waals surface area (Å²) in [5.41, 5.74) is 14.6. The van der Waals surface area contributed by atoms with Gasteiger partial charge in [-0.05, 0) is 112 Å². The van der Waals surface area contributed by atoms with Crippen molar-refractivity contribution in [3.63, 3.8) is 0 Å². The van der Waals surface area contributed by atoms with E-state index in [0.29, 0.717) is 0 Å². The third-order valence-electron chi connectivity index (χ3n) is 10.2. The highest BCUT2D eigenvalue weighted by Gasteiger charge is 2.16. The van der Waals surface area contributed by atoms with Crippen molar-refractivity contribution < 1.29 is 4.42 Å². The molecule has 0 saturated carbocycles. The third kappa shape index (κ3) is 5.26. The molecular formula is C49H33NOS. The van der Waals surface area contributed by atoms with E-state index in [0.717, 1.165) is 44.4 Å². The zero-order valence-corrected chi connectivity index (χ0v) is 29.4. The van der Waals surface area contributed by atoms with Gasteiger partial charge in [0.2, 0.25) is 0 Å². The average molecular weight is 684 g/mol. The van der Waals surface area contributed by atoms with Crippen LogP contribution in [0.2, 0.25) is 0 Å². The van der Waals surface area contributed by atoms with Crippen LogP contribution >= 0.6 is 11.3 Å². The summed E-state index contributed by atoms with van der Waals surface area (Å²) >= 11 is 1.86. The number of aryl methyl sites for hydroxylation is 1. The van der Waals surface area contributed by atoms with Crippen molar-refractivity contribution in [1.82, 2.24) is 0 Å². The van der Waals surface area contributed by atoms with Gasteiger partial charge in [-0.1, -0.05) is 121 Å². The van der Waals surface area contributed by atoms with Crippen LogP contribution in [0.15, 0.2) is 180 Å². The topological polar surface area (TPSA) is 25.2 Å². The number of fused-ring (bicyclic) bond motifs is 6. The number of thiophene rings is 1. The Hall–Kier alpha value is -6.42. The number of benzene rings is 8. The fourth-order valence-electron chi connectivity index (χ4n) is 7.68. The van der Waals surface area contributed by atoms with E-state index in [4.69, 9.17) is 4.42 Å². The summed E-state index contributed by atoms with van der Waals surface area (Å²) in [5, 5.41) is 8.66. The standard InChI is InChI=1S/C49H33NOS/c1-31-12-5-6-15-38(31)34-23-24-39(32-13-3-2-4-14-32)43(29-34)36-26-35(33-22-25-41-40-16-8-10-21-47(40)52-48(41)30-33)27-37(28-36)50-44-18-11-20-46-49(44)42-17-7-9-19-45(42)51-46/h2-30,50H,1H3. The minimum absolute atomic E-state index is 0.870. The van der Waals surface area contributed by atoms with E-state index in [1.165, 1.54) is 59.1 Å². The maximum Gasteiger partial charge on any atom is 0.137 e. The van der Waals surface area contributed by atoms with Crippen LogP contribution in [0.4, 0.5) is 11.4 Å². The van der Waals surface area contributed by atoms with Crippen molar-refractivity contribution in [2.45, 2.75) is 6.92 Å². The predicted octanol–water partition coefficient (Wildman–Crippen LogP) is 14.7. The lowest BCUT2D eigenvalue weighted by atomic mass is 9.88. The fraction of sp³-hybridized carbons (Fsp3) is 0.0204. The molecular weight excluding hydrogens is 651 g/mol. The molecule has 0 unspecified atom stereocenters. The van der Waals surface area contributed by atoms with Crippen LogP contribution in [-0.4, -0.2) is 0 Å². The second kappa shape index (κ2) is 12.4. The Labute approximate surface area is 306 Å². The Morgan fingerprint density at radius 3 is 2.06 bits per heavy atom. The first-order valence-electron chi connectivity index (χ1n) is 17.7. The first-order valence-corrected chi connectivity index (χ1v) is 18.5. The van der Waals surface area contributed by atoms with E-state index in [1.54, 1.807) is 0 Å². The zero-order valence-electron chi connectivity index (χ0n) is 28.6. The Morgan fingerprint density at radius 2 is 1.15 bits per heavy atom. The molecule has 0 amide bonds. The van der Waals surface area contributed by atoms with E-state index >= 15 is 0 Å². The molecule has 3 heteroatoms. The second-order valence-corrected chi connectivity index (χ2v) is 14.5. The van der Waals surface area contributed by atoms with Crippen LogP contribution in [0.3, 0.4) is 0 Å². The highest BCUT2D eigenvalue weighted by atomic mass is 32.1. The SMILES string of the molecule is Cc1ccccc1-c1ccc(-c2ccccc2)c(-c2cc(Nc3cccc4oc5ccccc5c34)cc(-c3ccc4c(c3)sc3ccccc34)c2)c1. The summed E-state index contributed by atoms with van der Waals surface area (Å²) in [6.07, 6.45) is 0. The molecule has 0 atom stereocenters. The van der Waals surface area contributed by atoms with Gasteiger partial charge < -0.3 is 9.73 Å². The molecule has 0 aliphatic carbocycles. The lowest BCUT2D eigenvalue weighted by Crippen LogP contribution is -1.95. The molecule has 0 aliphatic rings. The number of anilines is 2. The predicted molar refractivity (Wildman–Crippen MR) is 223 cm³/mol. The number of rotatable bonds is 6. The summed E-state index contributed by atoms with van der Waals surface area (Å²) in [4.78, 5) is 0. The van der Waals surface area contributed by atoms with Gasteiger partial charge in [0, 0.05) is 31.2 Å². The molecule has 246 valence electrons. The van der Waals surface area contributed by atoms with Crippen molar-refractivity contribution in [2.24, 2.45) is 0 Å². The molecule has 0 spiro atoms. The summed E-state index contributed by atoms with van der Waals surface area (Å²) in [7, 11) is 0. The molecule has 2 nitrogen and oxygen atoms in total. The lowest BCUT2D eigenvalue weighted by molar-refractivity contribution is 0.669. The number of furan rings is 1. The van der Waals surface area contributed by atoms with Gasteiger partial charge in [0.25, 0.3) is 0 Å². The van der Waals surface area contributed by atoms with Crippen molar-refractivity contribution in [2.75, 3.05) is 5.32 Å². The fourth-order valence-corrected chi connectivity index (χ4v) is 8.82. The molecule has 1 N–H and O–H groups in total. The van der Waals surface area contributed by atoms with Crippen LogP contribution in [0.1, 0.15) is 5.56 Å². The van der Waals surface area contributed by atoms with Crippen LogP contribution < -0.4 is 5.32 Å². The van der Waals surface area contributed by atoms with Crippen LogP contribution in [0.25, 0.3) is 86.6 Å². The Balaban J connectivity index is 1.20. The van der Waals surface area contributed by atoms with Gasteiger partial charge in [0.05, 0.1) is 11.1 Å². The molecule has 0 aliphatic heterocycles. The first-order chi connectivity index (χ1) is 25.7. The number of nitrogens with one attached hydrogen (secondary N) is 1. The molecule has 52 heavy (non-hydrogen) atoms. The summed E-state index contributed by atoms with van der Waals surface area (Å²) in [6.45, 7) is 2.19. The van der Waals surface area contributed by atoms with Gasteiger partial charge in [0.1, 0.15) is 11.2 Å². The number of para-hydroxylation sites is 1. The van der Waals surface area contributed by atoms with Gasteiger partial charge in [-0.2, -0.15) is 0 Å². The third-order valence-corrected chi connectivity index (χ3v) is 11.3. The van der Waals surface area contributed by atoms with Gasteiger partial charge >= 0.3 is 0 Å². The Morgan fingerprint density at radius 1 is 0.423 bits per heavy atom. The molecule has 10 aromatic rings. The smallest absolute Gasteiger partial charge is 0.137 e. The minimum atomic E-state index is 0.870. The zero-order chi connectivity index (χ0) is 34.6. The summed E-state index contributed by atoms with van der Waals surface area (Å²) in [6, 6.07) is 63.4. The van der Waals surface area contributed by atoms with Crippen molar-refractivity contribution in [1.29, 1.82) is 0 Å². The molecule has 0 saturated heterocycles. The van der Waals surface area contributed by atoms with E-state index in [1.807, 2.05) is 29.5 Å². The largest absolute Gasteiger partial charge is 0.456 e. The van der Waals surface area contributed by atoms with Gasteiger partial charge in [-0.15, -0.1) is 11.3 Å². The van der Waals surface area contributed by atoms with E-state index in [-0.39, 0.29) is 0 Å². The van der Waals surface area contributed by atoms with Gasteiger partial charge in [-0.25, -0.2) is 0 Å². The highest BCUT2D eigenvalue weighted by molar-refractivity contribution is 7.25. The monoisotopic (exact) mass is 683 g/mol. The molecule has 0 radical (unpaired) electrons. The maximum atomic E-state index is 6.27. The van der Waals surface area contributed by atoms with E-state index in [9.17, 15) is 0 Å². The van der Waals surface area contributed by atoms with Crippen molar-refractivity contribution >= 4 is 64.8 Å². The number of hydrogen-bond acceptors (Lipinski definition) is 3. The summed E-state index contributed by atoms with van der Waals surface area (Å²) < 4.78 is 8.88. The summed E-state index contributed by atoms with van der Waals surface area (Å²) in [5.74, 6) is 0. The number of hydrogen-bond donors (Lipinski definition) is 1. The minimum Gasteiger partial charge on any atom is -0.456 e. The Bertz CT molecular complexity index is 2950. The molecule has 8 aromatic carbocycles. The first kappa shape index (κ1) is 30.4. The molecule has 10 rings (SSSR count). The van der Waals surface area contributed by atoms with Crippen molar-refractivity contribution in [3.8, 4) is 44.5 Å². The van der Waals surface area contributed by atoms with Gasteiger partial charge in [0.15, 0.2) is 0 Å². The molecule has 0 bridgehead atoms. The van der Waals surface area contributed by atoms with Crippen LogP contribution in [0, 0.1) is 6.92 Å².